The van der Waals surface area contributed by atoms with Crippen LogP contribution < -0.4 is 10.5 Å². The van der Waals surface area contributed by atoms with Crippen LogP contribution in [0.3, 0.4) is 0 Å². The molecular weight excluding hydrogens is 314 g/mol. The van der Waals surface area contributed by atoms with E-state index in [9.17, 15) is 0 Å². The Kier molecular flexibility index (Phi) is 6.01. The molecule has 2 N–H and O–H groups in total. The van der Waals surface area contributed by atoms with Crippen molar-refractivity contribution in [3.8, 4) is 5.75 Å². The Morgan fingerprint density at radius 3 is 2.27 bits per heavy atom. The van der Waals surface area contributed by atoms with E-state index in [0.717, 1.165) is 22.4 Å². The summed E-state index contributed by atoms with van der Waals surface area (Å²) in [7, 11) is 0. The standard InChI is InChI=1S/C18H17NOS.ClH/c19-18(16-10-11-21-13-16)15-6-8-17(9-7-15)20-12-14-4-2-1-3-5-14;/h1-11,13,18H,12,19H2;1H/t18-;/m1./s1. The highest BCUT2D eigenvalue weighted by molar-refractivity contribution is 7.08. The molecule has 0 fully saturated rings. The maximum absolute atomic E-state index is 6.24. The predicted octanol–water partition coefficient (Wildman–Crippen LogP) is 4.80. The number of ether oxygens (including phenoxy) is 1. The van der Waals surface area contributed by atoms with Crippen LogP contribution in [0.25, 0.3) is 0 Å². The van der Waals surface area contributed by atoms with Gasteiger partial charge in [-0.2, -0.15) is 11.3 Å². The molecule has 2 nitrogen and oxygen atoms in total. The van der Waals surface area contributed by atoms with Gasteiger partial charge in [0.15, 0.2) is 0 Å². The molecule has 0 saturated carbocycles. The Morgan fingerprint density at radius 1 is 0.909 bits per heavy atom. The van der Waals surface area contributed by atoms with Crippen molar-refractivity contribution in [1.82, 2.24) is 0 Å². The van der Waals surface area contributed by atoms with Crippen molar-refractivity contribution >= 4 is 23.7 Å². The first-order valence-corrected chi connectivity index (χ1v) is 7.81. The smallest absolute Gasteiger partial charge is 0.119 e. The molecule has 0 bridgehead atoms. The Balaban J connectivity index is 0.00000176. The molecule has 0 aliphatic rings. The summed E-state index contributed by atoms with van der Waals surface area (Å²) in [6.45, 7) is 0.580. The predicted molar refractivity (Wildman–Crippen MR) is 94.8 cm³/mol. The van der Waals surface area contributed by atoms with Gasteiger partial charge in [-0.05, 0) is 45.6 Å². The van der Waals surface area contributed by atoms with E-state index < -0.39 is 0 Å². The summed E-state index contributed by atoms with van der Waals surface area (Å²) in [6.07, 6.45) is 0. The van der Waals surface area contributed by atoms with Crippen molar-refractivity contribution in [3.63, 3.8) is 0 Å². The van der Waals surface area contributed by atoms with Crippen molar-refractivity contribution < 1.29 is 4.74 Å². The van der Waals surface area contributed by atoms with Gasteiger partial charge in [0.1, 0.15) is 12.4 Å². The van der Waals surface area contributed by atoms with Crippen LogP contribution in [0, 0.1) is 0 Å². The maximum Gasteiger partial charge on any atom is 0.119 e. The van der Waals surface area contributed by atoms with Crippen LogP contribution in [0.4, 0.5) is 0 Å². The highest BCUT2D eigenvalue weighted by atomic mass is 35.5. The number of thiophene rings is 1. The summed E-state index contributed by atoms with van der Waals surface area (Å²) in [6, 6.07) is 20.2. The number of halogens is 1. The van der Waals surface area contributed by atoms with E-state index in [2.05, 4.69) is 23.6 Å². The molecule has 0 radical (unpaired) electrons. The lowest BCUT2D eigenvalue weighted by molar-refractivity contribution is 0.306. The number of benzene rings is 2. The largest absolute Gasteiger partial charge is 0.489 e. The van der Waals surface area contributed by atoms with Gasteiger partial charge in [0, 0.05) is 0 Å². The molecule has 1 aromatic heterocycles. The van der Waals surface area contributed by atoms with Crippen LogP contribution in [0.2, 0.25) is 0 Å². The second kappa shape index (κ2) is 7.99. The lowest BCUT2D eigenvalue weighted by Crippen LogP contribution is -2.10. The molecule has 1 heterocycles. The van der Waals surface area contributed by atoms with Crippen LogP contribution in [-0.2, 0) is 6.61 Å². The lowest BCUT2D eigenvalue weighted by atomic mass is 10.0. The van der Waals surface area contributed by atoms with Gasteiger partial charge in [0.2, 0.25) is 0 Å². The van der Waals surface area contributed by atoms with Crippen LogP contribution in [0.5, 0.6) is 5.75 Å². The minimum Gasteiger partial charge on any atom is -0.489 e. The first kappa shape index (κ1) is 16.6. The molecule has 1 atom stereocenters. The van der Waals surface area contributed by atoms with Gasteiger partial charge in [-0.15, -0.1) is 12.4 Å². The first-order chi connectivity index (χ1) is 10.3. The minimum absolute atomic E-state index is 0. The third-order valence-corrected chi connectivity index (χ3v) is 4.09. The van der Waals surface area contributed by atoms with Gasteiger partial charge in [-0.1, -0.05) is 42.5 Å². The van der Waals surface area contributed by atoms with Gasteiger partial charge in [0.25, 0.3) is 0 Å². The molecule has 3 rings (SSSR count). The molecule has 0 saturated heterocycles. The molecule has 2 aromatic carbocycles. The van der Waals surface area contributed by atoms with Crippen LogP contribution >= 0.6 is 23.7 Å². The SMILES string of the molecule is Cl.N[C@H](c1ccc(OCc2ccccc2)cc1)c1ccsc1. The van der Waals surface area contributed by atoms with Gasteiger partial charge in [-0.25, -0.2) is 0 Å². The summed E-state index contributed by atoms with van der Waals surface area (Å²) in [4.78, 5) is 0. The van der Waals surface area contributed by atoms with Crippen molar-refractivity contribution in [1.29, 1.82) is 0 Å². The van der Waals surface area contributed by atoms with Gasteiger partial charge in [-0.3, -0.25) is 0 Å². The Morgan fingerprint density at radius 2 is 1.64 bits per heavy atom. The van der Waals surface area contributed by atoms with Crippen LogP contribution in [0.1, 0.15) is 22.7 Å². The van der Waals surface area contributed by atoms with E-state index in [4.69, 9.17) is 10.5 Å². The van der Waals surface area contributed by atoms with Crippen molar-refractivity contribution in [2.45, 2.75) is 12.6 Å². The molecule has 4 heteroatoms. The second-order valence-electron chi connectivity index (χ2n) is 4.88. The molecule has 3 aromatic rings. The van der Waals surface area contributed by atoms with E-state index >= 15 is 0 Å². The summed E-state index contributed by atoms with van der Waals surface area (Å²) >= 11 is 1.67. The normalized spacial score (nSPS) is 11.5. The topological polar surface area (TPSA) is 35.2 Å². The number of nitrogens with two attached hydrogens (primary N) is 1. The van der Waals surface area contributed by atoms with Gasteiger partial charge < -0.3 is 10.5 Å². The van der Waals surface area contributed by atoms with Crippen LogP contribution in [-0.4, -0.2) is 0 Å². The van der Waals surface area contributed by atoms with E-state index in [1.165, 1.54) is 0 Å². The van der Waals surface area contributed by atoms with Gasteiger partial charge >= 0.3 is 0 Å². The molecule has 114 valence electrons. The molecule has 0 spiro atoms. The monoisotopic (exact) mass is 331 g/mol. The third-order valence-electron chi connectivity index (χ3n) is 3.39. The average molecular weight is 332 g/mol. The first-order valence-electron chi connectivity index (χ1n) is 6.87. The number of hydrogen-bond acceptors (Lipinski definition) is 3. The molecule has 0 aliphatic heterocycles. The van der Waals surface area contributed by atoms with E-state index in [1.807, 2.05) is 47.8 Å². The van der Waals surface area contributed by atoms with E-state index in [1.54, 1.807) is 11.3 Å². The summed E-state index contributed by atoms with van der Waals surface area (Å²) in [5.41, 5.74) is 9.65. The Hall–Kier alpha value is -1.81. The summed E-state index contributed by atoms with van der Waals surface area (Å²) < 4.78 is 5.78. The highest BCUT2D eigenvalue weighted by Gasteiger charge is 2.09. The fourth-order valence-electron chi connectivity index (χ4n) is 2.16. The minimum atomic E-state index is -0.0700. The van der Waals surface area contributed by atoms with Gasteiger partial charge in [0.05, 0.1) is 6.04 Å². The van der Waals surface area contributed by atoms with Crippen LogP contribution in [0.15, 0.2) is 71.4 Å². The molecule has 0 unspecified atom stereocenters. The zero-order valence-corrected chi connectivity index (χ0v) is 13.6. The maximum atomic E-state index is 6.24. The lowest BCUT2D eigenvalue weighted by Gasteiger charge is -2.12. The fraction of sp³-hybridized carbons (Fsp3) is 0.111. The zero-order chi connectivity index (χ0) is 14.5. The summed E-state index contributed by atoms with van der Waals surface area (Å²) in [5.74, 6) is 0.861. The average Bonchev–Trinajstić information content (AvgIpc) is 3.08. The van der Waals surface area contributed by atoms with Crippen molar-refractivity contribution in [3.05, 3.63) is 88.1 Å². The molecule has 22 heavy (non-hydrogen) atoms. The van der Waals surface area contributed by atoms with Crippen molar-refractivity contribution in [2.24, 2.45) is 5.73 Å². The zero-order valence-electron chi connectivity index (χ0n) is 12.0. The Labute approximate surface area is 141 Å². The van der Waals surface area contributed by atoms with Crippen molar-refractivity contribution in [2.75, 3.05) is 0 Å². The molecule has 0 amide bonds. The second-order valence-corrected chi connectivity index (χ2v) is 5.66. The number of rotatable bonds is 5. The fourth-order valence-corrected chi connectivity index (χ4v) is 2.85. The molecular formula is C18H18ClNOS. The highest BCUT2D eigenvalue weighted by Crippen LogP contribution is 2.24. The third kappa shape index (κ3) is 4.10. The quantitative estimate of drug-likeness (QED) is 0.729. The van der Waals surface area contributed by atoms with E-state index in [0.29, 0.717) is 6.61 Å². The molecule has 0 aliphatic carbocycles. The number of hydrogen-bond donors (Lipinski definition) is 1. The Bertz CT molecular complexity index is 668. The summed E-state index contributed by atoms with van der Waals surface area (Å²) in [5, 5.41) is 4.14. The van der Waals surface area contributed by atoms with E-state index in [-0.39, 0.29) is 18.4 Å².